The van der Waals surface area contributed by atoms with E-state index in [1.807, 2.05) is 19.1 Å². The van der Waals surface area contributed by atoms with Crippen molar-refractivity contribution in [2.24, 2.45) is 11.8 Å². The number of fused-ring (bicyclic) bond motifs is 2. The summed E-state index contributed by atoms with van der Waals surface area (Å²) in [6.45, 7) is 6.03. The van der Waals surface area contributed by atoms with Gasteiger partial charge in [-0.3, -0.25) is 4.79 Å². The Balaban J connectivity index is 1.54. The van der Waals surface area contributed by atoms with E-state index < -0.39 is 0 Å². The zero-order valence-electron chi connectivity index (χ0n) is 13.0. The van der Waals surface area contributed by atoms with Gasteiger partial charge in [-0.25, -0.2) is 0 Å². The molecule has 3 heteroatoms. The smallest absolute Gasteiger partial charge is 0.229 e. The number of hydrogen-bond acceptors (Lipinski definition) is 2. The summed E-state index contributed by atoms with van der Waals surface area (Å²) in [7, 11) is 0. The number of benzene rings is 2. The number of amides is 1. The molecule has 0 spiro atoms. The molecule has 114 valence electrons. The summed E-state index contributed by atoms with van der Waals surface area (Å²) in [5.74, 6) is 1.54. The van der Waals surface area contributed by atoms with E-state index in [1.165, 1.54) is 10.8 Å². The molecule has 1 N–H and O–H groups in total. The number of carbonyl (C=O) groups excluding carboxylic acids is 1. The molecule has 3 atom stereocenters. The van der Waals surface area contributed by atoms with E-state index in [4.69, 9.17) is 0 Å². The molecule has 2 aliphatic heterocycles. The fourth-order valence-corrected chi connectivity index (χ4v) is 3.93. The highest BCUT2D eigenvalue weighted by atomic mass is 16.2. The lowest BCUT2D eigenvalue weighted by atomic mass is 9.96. The van der Waals surface area contributed by atoms with Crippen LogP contribution in [-0.4, -0.2) is 37.0 Å². The molecule has 0 aliphatic carbocycles. The maximum absolute atomic E-state index is 12.8. The number of hydrogen-bond donors (Lipinski definition) is 1. The average molecular weight is 294 g/mol. The Bertz CT molecular complexity index is 699. The fraction of sp³-hybridized carbons (Fsp3) is 0.421. The van der Waals surface area contributed by atoms with Crippen LogP contribution >= 0.6 is 0 Å². The van der Waals surface area contributed by atoms with Gasteiger partial charge in [0.25, 0.3) is 0 Å². The zero-order valence-corrected chi connectivity index (χ0v) is 13.0. The largest absolute Gasteiger partial charge is 0.342 e. The Labute approximate surface area is 131 Å². The predicted molar refractivity (Wildman–Crippen MR) is 88.8 cm³/mol. The molecule has 2 heterocycles. The van der Waals surface area contributed by atoms with E-state index in [1.54, 1.807) is 0 Å². The minimum Gasteiger partial charge on any atom is -0.342 e. The minimum atomic E-state index is -0.0589. The molecule has 4 rings (SSSR count). The highest BCUT2D eigenvalue weighted by Crippen LogP contribution is 2.30. The van der Waals surface area contributed by atoms with Gasteiger partial charge in [0.2, 0.25) is 5.91 Å². The van der Waals surface area contributed by atoms with Crippen molar-refractivity contribution in [3.05, 3.63) is 48.0 Å². The van der Waals surface area contributed by atoms with Gasteiger partial charge in [-0.2, -0.15) is 0 Å². The molecule has 0 bridgehead atoms. The molecular formula is C19H22N2O. The quantitative estimate of drug-likeness (QED) is 0.923. The van der Waals surface area contributed by atoms with Crippen LogP contribution in [0.2, 0.25) is 0 Å². The summed E-state index contributed by atoms with van der Waals surface area (Å²) in [6.07, 6.45) is 0. The van der Waals surface area contributed by atoms with E-state index >= 15 is 0 Å². The number of likely N-dealkylation sites (tertiary alicyclic amines) is 1. The molecule has 2 aromatic rings. The van der Waals surface area contributed by atoms with Crippen LogP contribution < -0.4 is 5.32 Å². The van der Waals surface area contributed by atoms with Crippen LogP contribution in [0.4, 0.5) is 0 Å². The molecule has 0 saturated carbocycles. The summed E-state index contributed by atoms with van der Waals surface area (Å²) < 4.78 is 0. The third-order valence-electron chi connectivity index (χ3n) is 5.35. The lowest BCUT2D eigenvalue weighted by Gasteiger charge is -2.22. The average Bonchev–Trinajstić information content (AvgIpc) is 3.14. The van der Waals surface area contributed by atoms with Gasteiger partial charge in [0.05, 0.1) is 5.92 Å². The van der Waals surface area contributed by atoms with Crippen LogP contribution in [0, 0.1) is 11.8 Å². The maximum Gasteiger partial charge on any atom is 0.229 e. The highest BCUT2D eigenvalue weighted by Gasteiger charge is 2.39. The Morgan fingerprint density at radius 1 is 1.09 bits per heavy atom. The van der Waals surface area contributed by atoms with E-state index in [0.29, 0.717) is 11.8 Å². The van der Waals surface area contributed by atoms with Gasteiger partial charge >= 0.3 is 0 Å². The molecule has 3 nitrogen and oxygen atoms in total. The van der Waals surface area contributed by atoms with Crippen LogP contribution in [0.5, 0.6) is 0 Å². The first kappa shape index (κ1) is 13.8. The zero-order chi connectivity index (χ0) is 15.1. The van der Waals surface area contributed by atoms with Crippen molar-refractivity contribution in [3.8, 4) is 0 Å². The number of nitrogens with one attached hydrogen (secondary N) is 1. The minimum absolute atomic E-state index is 0.0589. The van der Waals surface area contributed by atoms with Gasteiger partial charge in [0, 0.05) is 26.2 Å². The van der Waals surface area contributed by atoms with Crippen molar-refractivity contribution in [3.63, 3.8) is 0 Å². The third-order valence-corrected chi connectivity index (χ3v) is 5.35. The SMILES string of the molecule is CC(C(=O)N1C[C@H]2CNC[C@H]2C1)c1ccc2ccccc2c1. The van der Waals surface area contributed by atoms with Crippen LogP contribution in [0.15, 0.2) is 42.5 Å². The van der Waals surface area contributed by atoms with Crippen molar-refractivity contribution in [2.45, 2.75) is 12.8 Å². The Morgan fingerprint density at radius 2 is 1.77 bits per heavy atom. The van der Waals surface area contributed by atoms with Crippen LogP contribution in [0.1, 0.15) is 18.4 Å². The van der Waals surface area contributed by atoms with Crippen LogP contribution in [0.3, 0.4) is 0 Å². The lowest BCUT2D eigenvalue weighted by molar-refractivity contribution is -0.131. The van der Waals surface area contributed by atoms with Crippen molar-refractivity contribution >= 4 is 16.7 Å². The summed E-state index contributed by atoms with van der Waals surface area (Å²) >= 11 is 0. The summed E-state index contributed by atoms with van der Waals surface area (Å²) in [5, 5.41) is 5.87. The Hall–Kier alpha value is -1.87. The van der Waals surface area contributed by atoms with Gasteiger partial charge in [0.1, 0.15) is 0 Å². The molecule has 0 aromatic heterocycles. The van der Waals surface area contributed by atoms with Gasteiger partial charge in [-0.1, -0.05) is 42.5 Å². The van der Waals surface area contributed by atoms with Crippen molar-refractivity contribution < 1.29 is 4.79 Å². The van der Waals surface area contributed by atoms with Gasteiger partial charge in [-0.15, -0.1) is 0 Å². The molecule has 2 aromatic carbocycles. The highest BCUT2D eigenvalue weighted by molar-refractivity contribution is 5.87. The Morgan fingerprint density at radius 3 is 2.50 bits per heavy atom. The summed E-state index contributed by atoms with van der Waals surface area (Å²) in [6, 6.07) is 14.7. The normalized spacial score (nSPS) is 25.4. The monoisotopic (exact) mass is 294 g/mol. The summed E-state index contributed by atoms with van der Waals surface area (Å²) in [4.78, 5) is 14.9. The van der Waals surface area contributed by atoms with E-state index in [9.17, 15) is 4.79 Å². The van der Waals surface area contributed by atoms with Crippen molar-refractivity contribution in [2.75, 3.05) is 26.2 Å². The van der Waals surface area contributed by atoms with Crippen molar-refractivity contribution in [1.29, 1.82) is 0 Å². The first-order valence-corrected chi connectivity index (χ1v) is 8.20. The second-order valence-electron chi connectivity index (χ2n) is 6.75. The van der Waals surface area contributed by atoms with Gasteiger partial charge in [0.15, 0.2) is 0 Å². The number of carbonyl (C=O) groups is 1. The molecule has 1 unspecified atom stereocenters. The Kier molecular flexibility index (Phi) is 3.38. The van der Waals surface area contributed by atoms with Crippen LogP contribution in [-0.2, 0) is 4.79 Å². The number of rotatable bonds is 2. The van der Waals surface area contributed by atoms with Gasteiger partial charge < -0.3 is 10.2 Å². The molecule has 2 aliphatic rings. The summed E-state index contributed by atoms with van der Waals surface area (Å²) in [5.41, 5.74) is 1.12. The lowest BCUT2D eigenvalue weighted by Crippen LogP contribution is -2.34. The van der Waals surface area contributed by atoms with Gasteiger partial charge in [-0.05, 0) is 35.1 Å². The van der Waals surface area contributed by atoms with E-state index in [0.717, 1.165) is 31.7 Å². The molecule has 1 amide bonds. The third kappa shape index (κ3) is 2.30. The maximum atomic E-state index is 12.8. The van der Waals surface area contributed by atoms with E-state index in [-0.39, 0.29) is 11.8 Å². The van der Waals surface area contributed by atoms with E-state index in [2.05, 4.69) is 40.5 Å². The molecular weight excluding hydrogens is 272 g/mol. The predicted octanol–water partition coefficient (Wildman–Crippen LogP) is 2.62. The topological polar surface area (TPSA) is 32.3 Å². The van der Waals surface area contributed by atoms with Crippen molar-refractivity contribution in [1.82, 2.24) is 10.2 Å². The fourth-order valence-electron chi connectivity index (χ4n) is 3.93. The van der Waals surface area contributed by atoms with Crippen LogP contribution in [0.25, 0.3) is 10.8 Å². The first-order chi connectivity index (χ1) is 10.7. The molecule has 2 fully saturated rings. The second kappa shape index (κ2) is 5.40. The molecule has 0 radical (unpaired) electrons. The molecule has 22 heavy (non-hydrogen) atoms. The second-order valence-corrected chi connectivity index (χ2v) is 6.75. The molecule has 2 saturated heterocycles. The standard InChI is InChI=1S/C19H22N2O/c1-13(15-7-6-14-4-2-3-5-16(14)8-15)19(22)21-11-17-9-20-10-18(17)12-21/h2-8,13,17-18,20H,9-12H2,1H3/t13?,17-,18+. The number of nitrogens with zero attached hydrogens (tertiary/aromatic N) is 1. The first-order valence-electron chi connectivity index (χ1n) is 8.20.